The van der Waals surface area contributed by atoms with E-state index in [-0.39, 0.29) is 0 Å². The number of guanidine groups is 1. The van der Waals surface area contributed by atoms with Gasteiger partial charge in [0, 0.05) is 25.0 Å². The van der Waals surface area contributed by atoms with Crippen LogP contribution in [0.5, 0.6) is 0 Å². The Morgan fingerprint density at radius 1 is 1.39 bits per heavy atom. The van der Waals surface area contributed by atoms with Gasteiger partial charge in [-0.25, -0.2) is 4.98 Å². The SMILES string of the molecule is CN=C(NCc1cn2c(C)cccc2n1)NC1CCCC(C)C1. The third kappa shape index (κ3) is 3.84. The smallest absolute Gasteiger partial charge is 0.191 e. The van der Waals surface area contributed by atoms with Crippen LogP contribution < -0.4 is 10.6 Å². The molecular weight excluding hydrogens is 286 g/mol. The van der Waals surface area contributed by atoms with Gasteiger partial charge in [-0.05, 0) is 37.8 Å². The van der Waals surface area contributed by atoms with Crippen LogP contribution in [0, 0.1) is 12.8 Å². The molecule has 2 aromatic heterocycles. The second kappa shape index (κ2) is 7.02. The van der Waals surface area contributed by atoms with E-state index >= 15 is 0 Å². The van der Waals surface area contributed by atoms with E-state index in [1.165, 1.54) is 31.4 Å². The highest BCUT2D eigenvalue weighted by atomic mass is 15.2. The summed E-state index contributed by atoms with van der Waals surface area (Å²) in [5.74, 6) is 1.68. The molecule has 23 heavy (non-hydrogen) atoms. The number of aryl methyl sites for hydroxylation is 1. The summed E-state index contributed by atoms with van der Waals surface area (Å²) in [7, 11) is 1.83. The maximum Gasteiger partial charge on any atom is 0.191 e. The van der Waals surface area contributed by atoms with Crippen LogP contribution in [0.1, 0.15) is 44.0 Å². The summed E-state index contributed by atoms with van der Waals surface area (Å²) in [6.07, 6.45) is 7.22. The van der Waals surface area contributed by atoms with E-state index < -0.39 is 0 Å². The van der Waals surface area contributed by atoms with E-state index in [1.54, 1.807) is 0 Å². The predicted octanol–water partition coefficient (Wildman–Crippen LogP) is 2.89. The maximum atomic E-state index is 4.66. The number of hydrogen-bond acceptors (Lipinski definition) is 2. The minimum atomic E-state index is 0.535. The molecule has 2 heterocycles. The summed E-state index contributed by atoms with van der Waals surface area (Å²) in [5.41, 5.74) is 3.21. The van der Waals surface area contributed by atoms with Crippen LogP contribution in [0.4, 0.5) is 0 Å². The van der Waals surface area contributed by atoms with E-state index in [9.17, 15) is 0 Å². The van der Waals surface area contributed by atoms with Crippen LogP contribution in [-0.4, -0.2) is 28.4 Å². The Morgan fingerprint density at radius 2 is 2.26 bits per heavy atom. The first kappa shape index (κ1) is 15.8. The van der Waals surface area contributed by atoms with Crippen molar-refractivity contribution in [2.75, 3.05) is 7.05 Å². The number of aromatic nitrogens is 2. The third-order valence-corrected chi connectivity index (χ3v) is 4.68. The van der Waals surface area contributed by atoms with E-state index in [0.717, 1.165) is 23.2 Å². The second-order valence-corrected chi connectivity index (χ2v) is 6.67. The minimum Gasteiger partial charge on any atom is -0.354 e. The molecule has 0 spiro atoms. The lowest BCUT2D eigenvalue weighted by atomic mass is 9.87. The van der Waals surface area contributed by atoms with Gasteiger partial charge in [-0.2, -0.15) is 0 Å². The van der Waals surface area contributed by atoms with Crippen molar-refractivity contribution in [2.45, 2.75) is 52.1 Å². The molecule has 2 aromatic rings. The minimum absolute atomic E-state index is 0.535. The first-order valence-electron chi connectivity index (χ1n) is 8.56. The largest absolute Gasteiger partial charge is 0.354 e. The molecule has 1 aliphatic carbocycles. The van der Waals surface area contributed by atoms with Crippen LogP contribution in [-0.2, 0) is 6.54 Å². The van der Waals surface area contributed by atoms with Gasteiger partial charge in [-0.15, -0.1) is 0 Å². The number of fused-ring (bicyclic) bond motifs is 1. The van der Waals surface area contributed by atoms with E-state index in [0.29, 0.717) is 12.6 Å². The number of aliphatic imine (C=N–C) groups is 1. The van der Waals surface area contributed by atoms with E-state index in [2.05, 4.69) is 51.1 Å². The topological polar surface area (TPSA) is 53.7 Å². The zero-order valence-electron chi connectivity index (χ0n) is 14.3. The summed E-state index contributed by atoms with van der Waals surface area (Å²) in [5, 5.41) is 6.95. The van der Waals surface area contributed by atoms with E-state index in [1.807, 2.05) is 19.2 Å². The van der Waals surface area contributed by atoms with Gasteiger partial charge in [0.15, 0.2) is 5.96 Å². The molecule has 0 radical (unpaired) electrons. The summed E-state index contributed by atoms with van der Waals surface area (Å²) < 4.78 is 2.12. The molecule has 1 fully saturated rings. The summed E-state index contributed by atoms with van der Waals surface area (Å²) >= 11 is 0. The fourth-order valence-corrected chi connectivity index (χ4v) is 3.41. The normalized spacial score (nSPS) is 22.3. The van der Waals surface area contributed by atoms with Crippen molar-refractivity contribution in [3.8, 4) is 0 Å². The van der Waals surface area contributed by atoms with Crippen molar-refractivity contribution in [2.24, 2.45) is 10.9 Å². The lowest BCUT2D eigenvalue weighted by Gasteiger charge is -2.28. The van der Waals surface area contributed by atoms with Crippen molar-refractivity contribution in [1.29, 1.82) is 0 Å². The fourth-order valence-electron chi connectivity index (χ4n) is 3.41. The van der Waals surface area contributed by atoms with Crippen molar-refractivity contribution in [1.82, 2.24) is 20.0 Å². The number of nitrogens with zero attached hydrogens (tertiary/aromatic N) is 3. The lowest BCUT2D eigenvalue weighted by Crippen LogP contribution is -2.44. The maximum absolute atomic E-state index is 4.66. The van der Waals surface area contributed by atoms with Crippen LogP contribution in [0.25, 0.3) is 5.65 Å². The second-order valence-electron chi connectivity index (χ2n) is 6.67. The van der Waals surface area contributed by atoms with Crippen LogP contribution in [0.15, 0.2) is 29.4 Å². The summed E-state index contributed by atoms with van der Waals surface area (Å²) in [4.78, 5) is 9.01. The molecule has 3 rings (SSSR count). The highest BCUT2D eigenvalue weighted by molar-refractivity contribution is 5.79. The Bertz CT molecular complexity index is 688. The van der Waals surface area contributed by atoms with Gasteiger partial charge in [-0.3, -0.25) is 4.99 Å². The molecular formula is C18H27N5. The average molecular weight is 313 g/mol. The number of imidazole rings is 1. The van der Waals surface area contributed by atoms with Gasteiger partial charge < -0.3 is 15.0 Å². The molecule has 1 saturated carbocycles. The summed E-state index contributed by atoms with van der Waals surface area (Å²) in [6, 6.07) is 6.71. The van der Waals surface area contributed by atoms with Crippen molar-refractivity contribution >= 4 is 11.6 Å². The van der Waals surface area contributed by atoms with Crippen molar-refractivity contribution in [3.63, 3.8) is 0 Å². The Morgan fingerprint density at radius 3 is 3.00 bits per heavy atom. The first-order chi connectivity index (χ1) is 11.2. The molecule has 0 aromatic carbocycles. The van der Waals surface area contributed by atoms with Gasteiger partial charge in [-0.1, -0.05) is 25.8 Å². The molecule has 0 bridgehead atoms. The standard InChI is InChI=1S/C18H27N5/c1-13-6-4-8-15(10-13)22-18(19-3)20-11-16-12-23-14(2)7-5-9-17(23)21-16/h5,7,9,12-13,15H,4,6,8,10-11H2,1-3H3,(H2,19,20,22). The van der Waals surface area contributed by atoms with Gasteiger partial charge in [0.1, 0.15) is 5.65 Å². The zero-order chi connectivity index (χ0) is 16.2. The Hall–Kier alpha value is -2.04. The van der Waals surface area contributed by atoms with Crippen LogP contribution >= 0.6 is 0 Å². The number of rotatable bonds is 3. The first-order valence-corrected chi connectivity index (χ1v) is 8.56. The molecule has 2 atom stereocenters. The lowest BCUT2D eigenvalue weighted by molar-refractivity contribution is 0.324. The molecule has 2 N–H and O–H groups in total. The zero-order valence-corrected chi connectivity index (χ0v) is 14.3. The van der Waals surface area contributed by atoms with Crippen molar-refractivity contribution in [3.05, 3.63) is 35.8 Å². The Labute approximate surface area is 138 Å². The van der Waals surface area contributed by atoms with Crippen LogP contribution in [0.2, 0.25) is 0 Å². The van der Waals surface area contributed by atoms with Crippen molar-refractivity contribution < 1.29 is 0 Å². The predicted molar refractivity (Wildman–Crippen MR) is 94.7 cm³/mol. The molecule has 0 aliphatic heterocycles. The molecule has 0 amide bonds. The van der Waals surface area contributed by atoms with Gasteiger partial charge in [0.25, 0.3) is 0 Å². The molecule has 5 nitrogen and oxygen atoms in total. The Kier molecular flexibility index (Phi) is 4.84. The van der Waals surface area contributed by atoms with Gasteiger partial charge >= 0.3 is 0 Å². The molecule has 124 valence electrons. The van der Waals surface area contributed by atoms with Crippen LogP contribution in [0.3, 0.4) is 0 Å². The third-order valence-electron chi connectivity index (χ3n) is 4.68. The molecule has 5 heteroatoms. The fraction of sp³-hybridized carbons (Fsp3) is 0.556. The summed E-state index contributed by atoms with van der Waals surface area (Å²) in [6.45, 7) is 5.11. The number of nitrogens with one attached hydrogen (secondary N) is 2. The number of pyridine rings is 1. The van der Waals surface area contributed by atoms with E-state index in [4.69, 9.17) is 0 Å². The molecule has 1 aliphatic rings. The Balaban J connectivity index is 1.60. The average Bonchev–Trinajstić information content (AvgIpc) is 2.96. The van der Waals surface area contributed by atoms with Gasteiger partial charge in [0.2, 0.25) is 0 Å². The highest BCUT2D eigenvalue weighted by Gasteiger charge is 2.19. The monoisotopic (exact) mass is 313 g/mol. The highest BCUT2D eigenvalue weighted by Crippen LogP contribution is 2.23. The molecule has 2 unspecified atom stereocenters. The molecule has 0 saturated heterocycles. The number of hydrogen-bond donors (Lipinski definition) is 2. The van der Waals surface area contributed by atoms with Gasteiger partial charge in [0.05, 0.1) is 12.2 Å². The quantitative estimate of drug-likeness (QED) is 0.677.